The molecule has 30 heavy (non-hydrogen) atoms. The highest BCUT2D eigenvalue weighted by atomic mass is 35.5. The van der Waals surface area contributed by atoms with Crippen molar-refractivity contribution in [2.75, 3.05) is 17.4 Å². The summed E-state index contributed by atoms with van der Waals surface area (Å²) < 4.78 is 0. The van der Waals surface area contributed by atoms with Crippen LogP contribution in [-0.2, 0) is 4.79 Å². The van der Waals surface area contributed by atoms with E-state index in [0.717, 1.165) is 12.8 Å². The average Bonchev–Trinajstić information content (AvgIpc) is 3.45. The third-order valence-corrected chi connectivity index (χ3v) is 5.80. The molecular formula is C21H21Cl2N5O2. The van der Waals surface area contributed by atoms with Crippen LogP contribution in [0.5, 0.6) is 0 Å². The van der Waals surface area contributed by atoms with E-state index in [9.17, 15) is 9.59 Å². The number of rotatable bonds is 5. The van der Waals surface area contributed by atoms with Gasteiger partial charge in [-0.05, 0) is 49.6 Å². The molecule has 9 heteroatoms. The van der Waals surface area contributed by atoms with Crippen LogP contribution in [0, 0.1) is 6.92 Å². The Bertz CT molecular complexity index is 1040. The van der Waals surface area contributed by atoms with Gasteiger partial charge < -0.3 is 10.2 Å². The number of amides is 2. The third-order valence-electron chi connectivity index (χ3n) is 5.28. The summed E-state index contributed by atoms with van der Waals surface area (Å²) in [6.07, 6.45) is 5.62. The topological polar surface area (TPSA) is 77.9 Å². The van der Waals surface area contributed by atoms with Crippen LogP contribution in [0.4, 0.5) is 11.5 Å². The molecular weight excluding hydrogens is 425 g/mol. The Morgan fingerprint density at radius 1 is 1.27 bits per heavy atom. The zero-order valence-electron chi connectivity index (χ0n) is 16.6. The van der Waals surface area contributed by atoms with Crippen molar-refractivity contribution in [2.45, 2.75) is 38.3 Å². The van der Waals surface area contributed by atoms with Crippen LogP contribution in [0.1, 0.15) is 35.2 Å². The molecule has 2 heterocycles. The fourth-order valence-electron chi connectivity index (χ4n) is 3.48. The van der Waals surface area contributed by atoms with E-state index in [-0.39, 0.29) is 17.9 Å². The average molecular weight is 446 g/mol. The van der Waals surface area contributed by atoms with Gasteiger partial charge in [0.15, 0.2) is 5.82 Å². The number of anilines is 2. The van der Waals surface area contributed by atoms with E-state index in [1.807, 2.05) is 6.92 Å². The zero-order valence-corrected chi connectivity index (χ0v) is 18.1. The molecule has 4 rings (SSSR count). The first-order chi connectivity index (χ1) is 14.4. The maximum absolute atomic E-state index is 13.2. The Labute approximate surface area is 184 Å². The van der Waals surface area contributed by atoms with Gasteiger partial charge in [0.2, 0.25) is 5.91 Å². The zero-order chi connectivity index (χ0) is 21.4. The molecule has 0 saturated heterocycles. The normalized spacial score (nSPS) is 17.9. The highest BCUT2D eigenvalue weighted by Crippen LogP contribution is 2.33. The minimum absolute atomic E-state index is 0.161. The summed E-state index contributed by atoms with van der Waals surface area (Å²) in [5, 5.41) is 9.54. The number of nitrogens with one attached hydrogen (secondary N) is 1. The second-order valence-corrected chi connectivity index (χ2v) is 8.33. The molecule has 1 aliphatic carbocycles. The van der Waals surface area contributed by atoms with Gasteiger partial charge in [0.25, 0.3) is 5.91 Å². The molecule has 1 fully saturated rings. The Morgan fingerprint density at radius 2 is 2.03 bits per heavy atom. The fourth-order valence-corrected chi connectivity index (χ4v) is 3.96. The maximum Gasteiger partial charge on any atom is 0.256 e. The maximum atomic E-state index is 13.2. The number of pyridine rings is 1. The predicted octanol–water partition coefficient (Wildman–Crippen LogP) is 4.13. The molecule has 1 saturated carbocycles. The van der Waals surface area contributed by atoms with Crippen LogP contribution in [0.3, 0.4) is 0 Å². The van der Waals surface area contributed by atoms with E-state index in [1.54, 1.807) is 48.6 Å². The van der Waals surface area contributed by atoms with E-state index in [2.05, 4.69) is 15.4 Å². The largest absolute Gasteiger partial charge is 0.339 e. The smallest absolute Gasteiger partial charge is 0.256 e. The van der Waals surface area contributed by atoms with E-state index in [0.29, 0.717) is 39.1 Å². The third kappa shape index (κ3) is 4.00. The molecule has 1 unspecified atom stereocenters. The number of carbonyl (C=O) groups is 2. The van der Waals surface area contributed by atoms with Gasteiger partial charge in [0, 0.05) is 36.9 Å². The Hall–Kier alpha value is -2.64. The number of hydrogen-bond acceptors (Lipinski definition) is 5. The number of benzene rings is 1. The lowest BCUT2D eigenvalue weighted by atomic mass is 10.1. The van der Waals surface area contributed by atoms with Gasteiger partial charge in [-0.25, -0.2) is 9.99 Å². The number of aromatic nitrogens is 1. The van der Waals surface area contributed by atoms with Crippen molar-refractivity contribution in [2.24, 2.45) is 5.10 Å². The van der Waals surface area contributed by atoms with Gasteiger partial charge in [0.1, 0.15) is 6.04 Å². The molecule has 7 nitrogen and oxygen atoms in total. The van der Waals surface area contributed by atoms with E-state index >= 15 is 0 Å². The van der Waals surface area contributed by atoms with Crippen molar-refractivity contribution >= 4 is 52.7 Å². The summed E-state index contributed by atoms with van der Waals surface area (Å²) in [7, 11) is 1.78. The molecule has 1 atom stereocenters. The van der Waals surface area contributed by atoms with Crippen LogP contribution in [0.25, 0.3) is 0 Å². The lowest BCUT2D eigenvalue weighted by Crippen LogP contribution is -2.39. The molecule has 2 aliphatic rings. The van der Waals surface area contributed by atoms with Crippen molar-refractivity contribution < 1.29 is 9.59 Å². The first-order valence-electron chi connectivity index (χ1n) is 9.67. The highest BCUT2D eigenvalue weighted by Gasteiger charge is 2.34. The summed E-state index contributed by atoms with van der Waals surface area (Å²) in [4.78, 5) is 32.2. The van der Waals surface area contributed by atoms with Gasteiger partial charge in [-0.3, -0.25) is 9.59 Å². The summed E-state index contributed by atoms with van der Waals surface area (Å²) in [5.41, 5.74) is 1.55. The summed E-state index contributed by atoms with van der Waals surface area (Å²) in [6, 6.07) is 6.35. The number of hydrogen-bond donors (Lipinski definition) is 1. The van der Waals surface area contributed by atoms with Crippen molar-refractivity contribution in [3.05, 3.63) is 51.6 Å². The Morgan fingerprint density at radius 3 is 2.73 bits per heavy atom. The molecule has 2 amide bonds. The number of nitrogens with zero attached hydrogens (tertiary/aromatic N) is 4. The van der Waals surface area contributed by atoms with Crippen LogP contribution < -0.4 is 10.3 Å². The predicted molar refractivity (Wildman–Crippen MR) is 119 cm³/mol. The van der Waals surface area contributed by atoms with Crippen molar-refractivity contribution in [1.29, 1.82) is 0 Å². The van der Waals surface area contributed by atoms with Crippen molar-refractivity contribution in [3.63, 3.8) is 0 Å². The second-order valence-electron chi connectivity index (χ2n) is 7.48. The molecule has 1 aromatic carbocycles. The lowest BCUT2D eigenvalue weighted by Gasteiger charge is -2.24. The molecule has 1 N–H and O–H groups in total. The van der Waals surface area contributed by atoms with Crippen molar-refractivity contribution in [1.82, 2.24) is 9.88 Å². The first kappa shape index (κ1) is 20.6. The van der Waals surface area contributed by atoms with Crippen LogP contribution in [0.2, 0.25) is 10.0 Å². The monoisotopic (exact) mass is 445 g/mol. The van der Waals surface area contributed by atoms with Crippen LogP contribution >= 0.6 is 23.2 Å². The Balaban J connectivity index is 1.61. The lowest BCUT2D eigenvalue weighted by molar-refractivity contribution is -0.117. The minimum Gasteiger partial charge on any atom is -0.339 e. The molecule has 1 aliphatic heterocycles. The van der Waals surface area contributed by atoms with Gasteiger partial charge in [-0.2, -0.15) is 5.10 Å². The van der Waals surface area contributed by atoms with E-state index in [1.165, 1.54) is 5.01 Å². The van der Waals surface area contributed by atoms with Gasteiger partial charge >= 0.3 is 0 Å². The standard InChI is InChI=1S/C21H21Cl2N5O2/c1-12-10-13(22)11-15(21(30)27(2)14-5-6-14)18(12)26-20(29)17-7-9-25-28(17)19-16(23)4-3-8-24-19/h3-4,8-11,14,17H,5-7H2,1-2H3,(H,26,29). The van der Waals surface area contributed by atoms with Crippen LogP contribution in [-0.4, -0.2) is 47.0 Å². The minimum atomic E-state index is -0.628. The number of carbonyl (C=O) groups excluding carboxylic acids is 2. The number of hydrazone groups is 1. The summed E-state index contributed by atoms with van der Waals surface area (Å²) in [6.45, 7) is 1.81. The molecule has 0 spiro atoms. The quantitative estimate of drug-likeness (QED) is 0.749. The molecule has 1 aromatic heterocycles. The highest BCUT2D eigenvalue weighted by molar-refractivity contribution is 6.33. The summed E-state index contributed by atoms with van der Waals surface area (Å²) >= 11 is 12.5. The fraction of sp³-hybridized carbons (Fsp3) is 0.333. The van der Waals surface area contributed by atoms with Crippen LogP contribution in [0.15, 0.2) is 35.6 Å². The molecule has 0 radical (unpaired) electrons. The Kier molecular flexibility index (Phi) is 5.66. The summed E-state index contributed by atoms with van der Waals surface area (Å²) in [5.74, 6) is -0.0564. The van der Waals surface area contributed by atoms with E-state index < -0.39 is 6.04 Å². The van der Waals surface area contributed by atoms with E-state index in [4.69, 9.17) is 23.2 Å². The second kappa shape index (κ2) is 8.24. The SMILES string of the molecule is Cc1cc(Cl)cc(C(=O)N(C)C2CC2)c1NC(=O)C1CC=NN1c1ncccc1Cl. The first-order valence-corrected chi connectivity index (χ1v) is 10.4. The van der Waals surface area contributed by atoms with Gasteiger partial charge in [0.05, 0.1) is 16.3 Å². The molecule has 156 valence electrons. The molecule has 2 aromatic rings. The van der Waals surface area contributed by atoms with Crippen molar-refractivity contribution in [3.8, 4) is 0 Å². The van der Waals surface area contributed by atoms with Gasteiger partial charge in [-0.1, -0.05) is 23.2 Å². The number of aryl methyl sites for hydroxylation is 1. The van der Waals surface area contributed by atoms with Gasteiger partial charge in [-0.15, -0.1) is 0 Å². The number of halogens is 2. The molecule has 0 bridgehead atoms.